The van der Waals surface area contributed by atoms with Crippen LogP contribution in [-0.4, -0.2) is 45.8 Å². The van der Waals surface area contributed by atoms with Crippen molar-refractivity contribution in [3.05, 3.63) is 36.8 Å². The van der Waals surface area contributed by atoms with E-state index in [0.29, 0.717) is 11.8 Å². The molecule has 118 valence electrons. The molecule has 0 aromatic carbocycles. The number of nitrogens with zero attached hydrogens (tertiary/aromatic N) is 4. The topological polar surface area (TPSA) is 76.4 Å². The Morgan fingerprint density at radius 2 is 2.30 bits per heavy atom. The van der Waals surface area contributed by atoms with Crippen LogP contribution in [0.1, 0.15) is 6.42 Å². The molecule has 2 N–H and O–H groups in total. The molecule has 4 heterocycles. The average molecular weight is 310 g/mol. The SMILES string of the molecule is COc1cnc2c(-c3cccc(NC4CCNC4)n3)cnn2c1. The second kappa shape index (κ2) is 5.85. The average Bonchev–Trinajstić information content (AvgIpc) is 3.23. The van der Waals surface area contributed by atoms with Gasteiger partial charge in [0.1, 0.15) is 5.82 Å². The first-order chi connectivity index (χ1) is 11.3. The van der Waals surface area contributed by atoms with E-state index in [0.717, 1.165) is 42.2 Å². The van der Waals surface area contributed by atoms with Gasteiger partial charge in [-0.1, -0.05) is 6.07 Å². The Hall–Kier alpha value is -2.67. The van der Waals surface area contributed by atoms with Gasteiger partial charge in [0, 0.05) is 12.6 Å². The Morgan fingerprint density at radius 1 is 1.35 bits per heavy atom. The lowest BCUT2D eigenvalue weighted by Gasteiger charge is -2.12. The minimum absolute atomic E-state index is 0.434. The van der Waals surface area contributed by atoms with Crippen LogP contribution in [0.3, 0.4) is 0 Å². The third-order valence-electron chi connectivity index (χ3n) is 4.01. The van der Waals surface area contributed by atoms with Gasteiger partial charge in [-0.2, -0.15) is 5.10 Å². The Bertz CT molecular complexity index is 824. The molecule has 7 heteroatoms. The number of aromatic nitrogens is 4. The lowest BCUT2D eigenvalue weighted by molar-refractivity contribution is 0.409. The fourth-order valence-corrected chi connectivity index (χ4v) is 2.80. The highest BCUT2D eigenvalue weighted by molar-refractivity contribution is 5.75. The summed E-state index contributed by atoms with van der Waals surface area (Å²) in [6, 6.07) is 6.40. The third-order valence-corrected chi connectivity index (χ3v) is 4.01. The Balaban J connectivity index is 1.67. The summed E-state index contributed by atoms with van der Waals surface area (Å²) in [7, 11) is 1.61. The van der Waals surface area contributed by atoms with Crippen molar-refractivity contribution in [3.63, 3.8) is 0 Å². The summed E-state index contributed by atoms with van der Waals surface area (Å²) in [5, 5.41) is 11.2. The number of hydrogen-bond donors (Lipinski definition) is 2. The fraction of sp³-hybridized carbons (Fsp3) is 0.312. The molecule has 1 aliphatic rings. The van der Waals surface area contributed by atoms with Crippen LogP contribution in [0, 0.1) is 0 Å². The van der Waals surface area contributed by atoms with Crippen LogP contribution in [0.4, 0.5) is 5.82 Å². The number of methoxy groups -OCH3 is 1. The van der Waals surface area contributed by atoms with Gasteiger partial charge in [-0.05, 0) is 25.1 Å². The molecule has 1 atom stereocenters. The summed E-state index contributed by atoms with van der Waals surface area (Å²) < 4.78 is 6.88. The molecule has 0 saturated carbocycles. The monoisotopic (exact) mass is 310 g/mol. The van der Waals surface area contributed by atoms with Gasteiger partial charge in [0.15, 0.2) is 11.4 Å². The van der Waals surface area contributed by atoms with E-state index in [1.54, 1.807) is 30.2 Å². The molecule has 7 nitrogen and oxygen atoms in total. The number of anilines is 1. The molecule has 1 aliphatic heterocycles. The number of rotatable bonds is 4. The zero-order valence-electron chi connectivity index (χ0n) is 12.9. The van der Waals surface area contributed by atoms with Crippen molar-refractivity contribution in [3.8, 4) is 17.0 Å². The van der Waals surface area contributed by atoms with Gasteiger partial charge in [-0.15, -0.1) is 0 Å². The molecular formula is C16H18N6O. The molecule has 3 aromatic rings. The second-order valence-corrected chi connectivity index (χ2v) is 5.56. The normalized spacial score (nSPS) is 17.5. The summed E-state index contributed by atoms with van der Waals surface area (Å²) in [4.78, 5) is 9.13. The highest BCUT2D eigenvalue weighted by Gasteiger charge is 2.15. The zero-order chi connectivity index (χ0) is 15.6. The van der Waals surface area contributed by atoms with Crippen LogP contribution in [-0.2, 0) is 0 Å². The number of hydrogen-bond acceptors (Lipinski definition) is 6. The summed E-state index contributed by atoms with van der Waals surface area (Å²) >= 11 is 0. The maximum atomic E-state index is 5.18. The van der Waals surface area contributed by atoms with E-state index >= 15 is 0 Å². The zero-order valence-corrected chi connectivity index (χ0v) is 12.9. The fourth-order valence-electron chi connectivity index (χ4n) is 2.80. The summed E-state index contributed by atoms with van der Waals surface area (Å²) in [6.45, 7) is 2.03. The Labute approximate surface area is 133 Å². The van der Waals surface area contributed by atoms with Crippen molar-refractivity contribution >= 4 is 11.5 Å². The van der Waals surface area contributed by atoms with Gasteiger partial charge in [0.05, 0.1) is 37.0 Å². The van der Waals surface area contributed by atoms with Gasteiger partial charge >= 0.3 is 0 Å². The molecular weight excluding hydrogens is 292 g/mol. The Kier molecular flexibility index (Phi) is 3.55. The molecule has 1 fully saturated rings. The maximum Gasteiger partial charge on any atom is 0.164 e. The quantitative estimate of drug-likeness (QED) is 0.762. The van der Waals surface area contributed by atoms with Crippen LogP contribution in [0.25, 0.3) is 16.9 Å². The predicted octanol–water partition coefficient (Wildman–Crippen LogP) is 1.57. The third kappa shape index (κ3) is 2.70. The maximum absolute atomic E-state index is 5.18. The number of pyridine rings is 1. The summed E-state index contributed by atoms with van der Waals surface area (Å²) in [5.74, 6) is 1.55. The molecule has 4 rings (SSSR count). The van der Waals surface area contributed by atoms with E-state index in [1.165, 1.54) is 0 Å². The van der Waals surface area contributed by atoms with Gasteiger partial charge in [0.25, 0.3) is 0 Å². The van der Waals surface area contributed by atoms with Crippen LogP contribution in [0.5, 0.6) is 5.75 Å². The van der Waals surface area contributed by atoms with Gasteiger partial charge in [-0.3, -0.25) is 0 Å². The van der Waals surface area contributed by atoms with Crippen molar-refractivity contribution in [2.75, 3.05) is 25.5 Å². The molecule has 1 unspecified atom stereocenters. The second-order valence-electron chi connectivity index (χ2n) is 5.56. The smallest absolute Gasteiger partial charge is 0.164 e. The van der Waals surface area contributed by atoms with Crippen molar-refractivity contribution in [1.29, 1.82) is 0 Å². The van der Waals surface area contributed by atoms with Gasteiger partial charge in [-0.25, -0.2) is 14.5 Å². The molecule has 0 aliphatic carbocycles. The minimum Gasteiger partial charge on any atom is -0.494 e. The van der Waals surface area contributed by atoms with E-state index in [4.69, 9.17) is 9.72 Å². The molecule has 0 spiro atoms. The molecule has 0 radical (unpaired) electrons. The first kappa shape index (κ1) is 14.0. The van der Waals surface area contributed by atoms with Gasteiger partial charge in [0.2, 0.25) is 0 Å². The summed E-state index contributed by atoms with van der Waals surface area (Å²) in [5.41, 5.74) is 2.52. The minimum atomic E-state index is 0.434. The molecule has 0 amide bonds. The number of nitrogens with one attached hydrogen (secondary N) is 2. The van der Waals surface area contributed by atoms with Gasteiger partial charge < -0.3 is 15.4 Å². The van der Waals surface area contributed by atoms with E-state index in [2.05, 4.69) is 20.7 Å². The predicted molar refractivity (Wildman–Crippen MR) is 87.7 cm³/mol. The van der Waals surface area contributed by atoms with E-state index in [-0.39, 0.29) is 0 Å². The van der Waals surface area contributed by atoms with E-state index < -0.39 is 0 Å². The summed E-state index contributed by atoms with van der Waals surface area (Å²) in [6.07, 6.45) is 6.39. The molecule has 23 heavy (non-hydrogen) atoms. The standard InChI is InChI=1S/C16H18N6O/c1-23-12-8-18-16-13(9-19-22(16)10-12)14-3-2-4-15(21-14)20-11-5-6-17-7-11/h2-4,8-11,17H,5-7H2,1H3,(H,20,21). The lowest BCUT2D eigenvalue weighted by atomic mass is 10.2. The lowest BCUT2D eigenvalue weighted by Crippen LogP contribution is -2.22. The van der Waals surface area contributed by atoms with Crippen molar-refractivity contribution in [1.82, 2.24) is 24.9 Å². The first-order valence-corrected chi connectivity index (χ1v) is 7.65. The number of fused-ring (bicyclic) bond motifs is 1. The van der Waals surface area contributed by atoms with Crippen LogP contribution >= 0.6 is 0 Å². The largest absolute Gasteiger partial charge is 0.494 e. The van der Waals surface area contributed by atoms with Crippen LogP contribution in [0.2, 0.25) is 0 Å². The van der Waals surface area contributed by atoms with Crippen molar-refractivity contribution < 1.29 is 4.74 Å². The van der Waals surface area contributed by atoms with Crippen molar-refractivity contribution in [2.45, 2.75) is 12.5 Å². The molecule has 3 aromatic heterocycles. The number of ether oxygens (including phenoxy) is 1. The van der Waals surface area contributed by atoms with Crippen molar-refractivity contribution in [2.24, 2.45) is 0 Å². The van der Waals surface area contributed by atoms with Crippen LogP contribution < -0.4 is 15.4 Å². The molecule has 0 bridgehead atoms. The van der Waals surface area contributed by atoms with E-state index in [1.807, 2.05) is 18.2 Å². The van der Waals surface area contributed by atoms with E-state index in [9.17, 15) is 0 Å². The highest BCUT2D eigenvalue weighted by Crippen LogP contribution is 2.24. The first-order valence-electron chi connectivity index (χ1n) is 7.65. The van der Waals surface area contributed by atoms with Crippen LogP contribution in [0.15, 0.2) is 36.8 Å². The highest BCUT2D eigenvalue weighted by atomic mass is 16.5. The Morgan fingerprint density at radius 3 is 3.13 bits per heavy atom. The molecule has 1 saturated heterocycles.